The van der Waals surface area contributed by atoms with Crippen LogP contribution in [0.5, 0.6) is 0 Å². The number of halogens is 1. The van der Waals surface area contributed by atoms with Crippen molar-refractivity contribution in [3.05, 3.63) is 34.9 Å². The lowest BCUT2D eigenvalue weighted by molar-refractivity contribution is 0.0696. The molecule has 0 saturated carbocycles. The maximum Gasteiger partial charge on any atom is 0.257 e. The van der Waals surface area contributed by atoms with Crippen LogP contribution in [0, 0.1) is 13.8 Å². The molecule has 0 radical (unpaired) electrons. The summed E-state index contributed by atoms with van der Waals surface area (Å²) < 4.78 is 1.64. The largest absolute Gasteiger partial charge is 0.337 e. The first-order chi connectivity index (χ1) is 12.4. The summed E-state index contributed by atoms with van der Waals surface area (Å²) in [6.45, 7) is 9.50. The summed E-state index contributed by atoms with van der Waals surface area (Å²) in [5.41, 5.74) is 3.22. The minimum atomic E-state index is 0. The highest BCUT2D eigenvalue weighted by molar-refractivity contribution is 5.95. The summed E-state index contributed by atoms with van der Waals surface area (Å²) >= 11 is 0. The molecular formula is C19H29ClN6O. The Kier molecular flexibility index (Phi) is 6.95. The highest BCUT2D eigenvalue weighted by Crippen LogP contribution is 2.22. The van der Waals surface area contributed by atoms with E-state index in [1.54, 1.807) is 10.9 Å². The minimum absolute atomic E-state index is 0. The molecule has 0 aliphatic carbocycles. The molecule has 1 N–H and O–H groups in total. The SMILES string of the molecule is CNC1CCCN(C(=O)c2cn(-c3nc(C)cc(C)n3)nc2C(C)C)C1.Cl. The molecular weight excluding hydrogens is 364 g/mol. The van der Waals surface area contributed by atoms with E-state index in [2.05, 4.69) is 34.2 Å². The molecule has 3 heterocycles. The molecule has 2 aromatic heterocycles. The molecule has 1 fully saturated rings. The van der Waals surface area contributed by atoms with Gasteiger partial charge in [0.25, 0.3) is 11.9 Å². The molecule has 7 nitrogen and oxygen atoms in total. The van der Waals surface area contributed by atoms with Gasteiger partial charge in [-0.2, -0.15) is 5.10 Å². The Morgan fingerprint density at radius 3 is 2.52 bits per heavy atom. The third-order valence-electron chi connectivity index (χ3n) is 4.81. The summed E-state index contributed by atoms with van der Waals surface area (Å²) in [5, 5.41) is 7.93. The van der Waals surface area contributed by atoms with Crippen LogP contribution < -0.4 is 5.32 Å². The van der Waals surface area contributed by atoms with Gasteiger partial charge in [-0.25, -0.2) is 14.6 Å². The fraction of sp³-hybridized carbons (Fsp3) is 0.579. The van der Waals surface area contributed by atoms with Crippen LogP contribution in [0.2, 0.25) is 0 Å². The second kappa shape index (κ2) is 8.80. The number of nitrogens with zero attached hydrogens (tertiary/aromatic N) is 5. The normalized spacial score (nSPS) is 17.1. The Balaban J connectivity index is 0.00000261. The number of carbonyl (C=O) groups excluding carboxylic acids is 1. The van der Waals surface area contributed by atoms with Gasteiger partial charge >= 0.3 is 0 Å². The molecule has 0 spiro atoms. The van der Waals surface area contributed by atoms with Crippen molar-refractivity contribution < 1.29 is 4.79 Å². The molecule has 1 atom stereocenters. The van der Waals surface area contributed by atoms with Crippen LogP contribution >= 0.6 is 12.4 Å². The number of aromatic nitrogens is 4. The Morgan fingerprint density at radius 2 is 1.93 bits per heavy atom. The monoisotopic (exact) mass is 392 g/mol. The number of carbonyl (C=O) groups is 1. The molecule has 2 aromatic rings. The van der Waals surface area contributed by atoms with Crippen LogP contribution in [0.15, 0.2) is 12.3 Å². The Hall–Kier alpha value is -1.99. The zero-order chi connectivity index (χ0) is 18.8. The van der Waals surface area contributed by atoms with Gasteiger partial charge < -0.3 is 10.2 Å². The third-order valence-corrected chi connectivity index (χ3v) is 4.81. The summed E-state index contributed by atoms with van der Waals surface area (Å²) in [4.78, 5) is 24.0. The predicted molar refractivity (Wildman–Crippen MR) is 108 cm³/mol. The molecule has 8 heteroatoms. The van der Waals surface area contributed by atoms with Crippen molar-refractivity contribution in [2.45, 2.75) is 52.5 Å². The van der Waals surface area contributed by atoms with Gasteiger partial charge in [-0.3, -0.25) is 4.79 Å². The number of nitrogens with one attached hydrogen (secondary N) is 1. The summed E-state index contributed by atoms with van der Waals surface area (Å²) in [6, 6.07) is 2.28. The van der Waals surface area contributed by atoms with Gasteiger partial charge in [0.05, 0.1) is 11.3 Å². The average Bonchev–Trinajstić information content (AvgIpc) is 3.06. The van der Waals surface area contributed by atoms with E-state index in [4.69, 9.17) is 0 Å². The van der Waals surface area contributed by atoms with E-state index in [9.17, 15) is 4.79 Å². The molecule has 0 aromatic carbocycles. The van der Waals surface area contributed by atoms with Crippen molar-refractivity contribution in [3.63, 3.8) is 0 Å². The first-order valence-electron chi connectivity index (χ1n) is 9.27. The first kappa shape index (κ1) is 21.3. The van der Waals surface area contributed by atoms with Gasteiger partial charge in [-0.1, -0.05) is 13.8 Å². The van der Waals surface area contributed by atoms with Crippen LogP contribution in [0.25, 0.3) is 5.95 Å². The van der Waals surface area contributed by atoms with E-state index in [1.807, 2.05) is 31.9 Å². The van der Waals surface area contributed by atoms with Gasteiger partial charge in [0.1, 0.15) is 0 Å². The van der Waals surface area contributed by atoms with Crippen LogP contribution in [0.3, 0.4) is 0 Å². The van der Waals surface area contributed by atoms with Crippen molar-refractivity contribution in [1.29, 1.82) is 0 Å². The summed E-state index contributed by atoms with van der Waals surface area (Å²) in [7, 11) is 1.95. The molecule has 1 amide bonds. The zero-order valence-corrected chi connectivity index (χ0v) is 17.5. The lowest BCUT2D eigenvalue weighted by atomic mass is 10.0. The fourth-order valence-electron chi connectivity index (χ4n) is 3.46. The van der Waals surface area contributed by atoms with Crippen molar-refractivity contribution in [2.24, 2.45) is 0 Å². The quantitative estimate of drug-likeness (QED) is 0.865. The topological polar surface area (TPSA) is 75.9 Å². The summed E-state index contributed by atoms with van der Waals surface area (Å²) in [5.74, 6) is 0.700. The number of piperidine rings is 1. The highest BCUT2D eigenvalue weighted by Gasteiger charge is 2.28. The number of rotatable bonds is 4. The second-order valence-electron chi connectivity index (χ2n) is 7.36. The van der Waals surface area contributed by atoms with Crippen molar-refractivity contribution in [1.82, 2.24) is 30.0 Å². The van der Waals surface area contributed by atoms with Gasteiger partial charge in [0.15, 0.2) is 0 Å². The number of likely N-dealkylation sites (N-methyl/N-ethyl adjacent to an activating group) is 1. The van der Waals surface area contributed by atoms with Crippen LogP contribution in [0.4, 0.5) is 0 Å². The number of hydrogen-bond donors (Lipinski definition) is 1. The minimum Gasteiger partial charge on any atom is -0.337 e. The predicted octanol–water partition coefficient (Wildman–Crippen LogP) is 2.65. The van der Waals surface area contributed by atoms with E-state index in [0.717, 1.165) is 43.0 Å². The smallest absolute Gasteiger partial charge is 0.257 e. The molecule has 1 saturated heterocycles. The lowest BCUT2D eigenvalue weighted by Crippen LogP contribution is -2.47. The first-order valence-corrected chi connectivity index (χ1v) is 9.27. The number of aryl methyl sites for hydroxylation is 2. The molecule has 1 aliphatic rings. The van der Waals surface area contributed by atoms with E-state index < -0.39 is 0 Å². The van der Waals surface area contributed by atoms with Crippen molar-refractivity contribution in [3.8, 4) is 5.95 Å². The standard InChI is InChI=1S/C19H28N6O.ClH/c1-12(2)17-16(18(26)24-8-6-7-15(10-24)20-5)11-25(23-17)19-21-13(3)9-14(4)22-19;/h9,11-12,15,20H,6-8,10H2,1-5H3;1H. The van der Waals surface area contributed by atoms with Crippen LogP contribution in [-0.2, 0) is 0 Å². The van der Waals surface area contributed by atoms with E-state index >= 15 is 0 Å². The van der Waals surface area contributed by atoms with E-state index in [0.29, 0.717) is 17.6 Å². The molecule has 0 bridgehead atoms. The highest BCUT2D eigenvalue weighted by atomic mass is 35.5. The van der Waals surface area contributed by atoms with Gasteiger partial charge in [-0.15, -0.1) is 12.4 Å². The van der Waals surface area contributed by atoms with E-state index in [-0.39, 0.29) is 24.2 Å². The van der Waals surface area contributed by atoms with Crippen molar-refractivity contribution >= 4 is 18.3 Å². The average molecular weight is 393 g/mol. The Bertz CT molecular complexity index is 783. The molecule has 148 valence electrons. The Labute approximate surface area is 167 Å². The fourth-order valence-corrected chi connectivity index (χ4v) is 3.46. The number of hydrogen-bond acceptors (Lipinski definition) is 5. The molecule has 27 heavy (non-hydrogen) atoms. The number of likely N-dealkylation sites (tertiary alicyclic amines) is 1. The second-order valence-corrected chi connectivity index (χ2v) is 7.36. The number of amides is 1. The lowest BCUT2D eigenvalue weighted by Gasteiger charge is -2.32. The Morgan fingerprint density at radius 1 is 1.26 bits per heavy atom. The molecule has 1 unspecified atom stereocenters. The zero-order valence-electron chi connectivity index (χ0n) is 16.7. The maximum absolute atomic E-state index is 13.2. The third kappa shape index (κ3) is 4.65. The van der Waals surface area contributed by atoms with Crippen LogP contribution in [0.1, 0.15) is 60.0 Å². The van der Waals surface area contributed by atoms with E-state index in [1.165, 1.54) is 0 Å². The van der Waals surface area contributed by atoms with Crippen molar-refractivity contribution in [2.75, 3.05) is 20.1 Å². The van der Waals surface area contributed by atoms with Gasteiger partial charge in [0, 0.05) is 36.7 Å². The molecule has 1 aliphatic heterocycles. The maximum atomic E-state index is 13.2. The van der Waals surface area contributed by atoms with Gasteiger partial charge in [-0.05, 0) is 45.7 Å². The van der Waals surface area contributed by atoms with Crippen LogP contribution in [-0.4, -0.2) is 56.7 Å². The summed E-state index contributed by atoms with van der Waals surface area (Å²) in [6.07, 6.45) is 3.91. The molecule has 3 rings (SSSR count). The van der Waals surface area contributed by atoms with Gasteiger partial charge in [0.2, 0.25) is 0 Å².